The van der Waals surface area contributed by atoms with Crippen LogP contribution in [0.5, 0.6) is 0 Å². The number of hydrogen-bond donors (Lipinski definition) is 2. The van der Waals surface area contributed by atoms with Gasteiger partial charge < -0.3 is 16.0 Å². The number of rotatable bonds is 4. The first-order valence-electron chi connectivity index (χ1n) is 8.19. The highest BCUT2D eigenvalue weighted by molar-refractivity contribution is 5.92. The Balaban J connectivity index is 2.42. The highest BCUT2D eigenvalue weighted by Gasteiger charge is 2.19. The molecule has 0 aliphatic heterocycles. The summed E-state index contributed by atoms with van der Waals surface area (Å²) < 4.78 is 2.05. The molecule has 1 amide bonds. The Kier molecular flexibility index (Phi) is 5.25. The number of carbonyl (C=O) groups excluding carboxylic acids is 1. The highest BCUT2D eigenvalue weighted by atomic mass is 16.2. The second-order valence-corrected chi connectivity index (χ2v) is 6.68. The van der Waals surface area contributed by atoms with E-state index in [-0.39, 0.29) is 18.1 Å². The van der Waals surface area contributed by atoms with Gasteiger partial charge in [-0.2, -0.15) is 0 Å². The number of nitrogen functional groups attached to an aromatic ring is 1. The first-order valence-corrected chi connectivity index (χ1v) is 8.19. The van der Waals surface area contributed by atoms with E-state index in [2.05, 4.69) is 5.32 Å². The largest absolute Gasteiger partial charge is 0.383 e. The van der Waals surface area contributed by atoms with Crippen molar-refractivity contribution >= 4 is 23.1 Å². The van der Waals surface area contributed by atoms with E-state index in [1.54, 1.807) is 14.1 Å². The van der Waals surface area contributed by atoms with Crippen LogP contribution in [0.4, 0.5) is 17.2 Å². The van der Waals surface area contributed by atoms with Crippen LogP contribution in [0.1, 0.15) is 16.7 Å². The summed E-state index contributed by atoms with van der Waals surface area (Å²) in [6.07, 6.45) is 0. The SMILES string of the molecule is Cc1cc(C)c(NC(=O)Cn2c(=O)c(N(C)C)c(N)n(C)c2=O)c(C)c1. The summed E-state index contributed by atoms with van der Waals surface area (Å²) in [7, 11) is 4.77. The minimum absolute atomic E-state index is 0.0619. The molecule has 8 heteroatoms. The van der Waals surface area contributed by atoms with Crippen molar-refractivity contribution in [3.63, 3.8) is 0 Å². The summed E-state index contributed by atoms with van der Waals surface area (Å²) in [5.41, 5.74) is 8.43. The Hall–Kier alpha value is -3.03. The van der Waals surface area contributed by atoms with Crippen LogP contribution in [0.3, 0.4) is 0 Å². The maximum atomic E-state index is 12.6. The minimum atomic E-state index is -0.634. The molecular formula is C18H25N5O3. The Morgan fingerprint density at radius 1 is 1.15 bits per heavy atom. The van der Waals surface area contributed by atoms with Gasteiger partial charge in [-0.1, -0.05) is 17.7 Å². The molecule has 1 heterocycles. The number of anilines is 3. The van der Waals surface area contributed by atoms with E-state index in [9.17, 15) is 14.4 Å². The standard InChI is InChI=1S/C18H25N5O3/c1-10-7-11(2)14(12(3)8-10)20-13(24)9-23-17(25)15(21(4)5)16(19)22(6)18(23)26/h7-8H,9,19H2,1-6H3,(H,20,24). The zero-order chi connectivity index (χ0) is 19.8. The molecule has 0 fully saturated rings. The molecule has 1 aromatic carbocycles. The molecule has 0 bridgehead atoms. The van der Waals surface area contributed by atoms with Crippen molar-refractivity contribution in [1.82, 2.24) is 9.13 Å². The van der Waals surface area contributed by atoms with Gasteiger partial charge >= 0.3 is 5.69 Å². The van der Waals surface area contributed by atoms with Crippen molar-refractivity contribution in [2.75, 3.05) is 30.0 Å². The lowest BCUT2D eigenvalue weighted by molar-refractivity contribution is -0.116. The summed E-state index contributed by atoms with van der Waals surface area (Å²) in [6, 6.07) is 3.92. The fourth-order valence-corrected chi connectivity index (χ4v) is 3.03. The Morgan fingerprint density at radius 3 is 2.19 bits per heavy atom. The second kappa shape index (κ2) is 7.07. The first kappa shape index (κ1) is 19.3. The number of amides is 1. The number of nitrogens with zero attached hydrogens (tertiary/aromatic N) is 3. The van der Waals surface area contributed by atoms with Gasteiger partial charge in [0.05, 0.1) is 0 Å². The van der Waals surface area contributed by atoms with Gasteiger partial charge in [-0.05, 0) is 31.9 Å². The van der Waals surface area contributed by atoms with Crippen molar-refractivity contribution in [2.24, 2.45) is 7.05 Å². The molecular weight excluding hydrogens is 334 g/mol. The molecule has 0 saturated carbocycles. The minimum Gasteiger partial charge on any atom is -0.383 e. The third-order valence-electron chi connectivity index (χ3n) is 4.26. The number of aryl methyl sites for hydroxylation is 3. The van der Waals surface area contributed by atoms with Crippen LogP contribution in [0.15, 0.2) is 21.7 Å². The van der Waals surface area contributed by atoms with Crippen LogP contribution in [-0.4, -0.2) is 29.1 Å². The third-order valence-corrected chi connectivity index (χ3v) is 4.26. The molecule has 0 aliphatic carbocycles. The molecule has 0 radical (unpaired) electrons. The molecule has 3 N–H and O–H groups in total. The van der Waals surface area contributed by atoms with Crippen LogP contribution in [0.2, 0.25) is 0 Å². The molecule has 8 nitrogen and oxygen atoms in total. The molecule has 140 valence electrons. The van der Waals surface area contributed by atoms with Crippen LogP contribution in [0.25, 0.3) is 0 Å². The van der Waals surface area contributed by atoms with Gasteiger partial charge in [-0.3, -0.25) is 14.2 Å². The topological polar surface area (TPSA) is 102 Å². The first-order chi connectivity index (χ1) is 12.0. The van der Waals surface area contributed by atoms with Crippen LogP contribution in [0, 0.1) is 20.8 Å². The molecule has 0 unspecified atom stereocenters. The number of aromatic nitrogens is 2. The lowest BCUT2D eigenvalue weighted by Crippen LogP contribution is -2.44. The van der Waals surface area contributed by atoms with E-state index in [0.29, 0.717) is 5.69 Å². The Morgan fingerprint density at radius 2 is 1.69 bits per heavy atom. The Bertz CT molecular complexity index is 963. The average molecular weight is 359 g/mol. The van der Waals surface area contributed by atoms with Gasteiger partial charge in [0.1, 0.15) is 18.1 Å². The zero-order valence-corrected chi connectivity index (χ0v) is 16.0. The molecule has 0 saturated heterocycles. The molecule has 0 spiro atoms. The van der Waals surface area contributed by atoms with Crippen molar-refractivity contribution in [2.45, 2.75) is 27.3 Å². The van der Waals surface area contributed by atoms with E-state index in [0.717, 1.165) is 25.8 Å². The predicted molar refractivity (Wildman–Crippen MR) is 104 cm³/mol. The summed E-state index contributed by atoms with van der Waals surface area (Å²) >= 11 is 0. The van der Waals surface area contributed by atoms with Crippen molar-refractivity contribution in [3.05, 3.63) is 49.7 Å². The fraction of sp³-hybridized carbons (Fsp3) is 0.389. The summed E-state index contributed by atoms with van der Waals surface area (Å²) in [5, 5.41) is 2.80. The normalized spacial score (nSPS) is 10.7. The lowest BCUT2D eigenvalue weighted by Gasteiger charge is -2.19. The molecule has 0 aliphatic rings. The van der Waals surface area contributed by atoms with Crippen molar-refractivity contribution in [1.29, 1.82) is 0 Å². The van der Waals surface area contributed by atoms with Crippen molar-refractivity contribution in [3.8, 4) is 0 Å². The lowest BCUT2D eigenvalue weighted by atomic mass is 10.1. The number of benzene rings is 1. The van der Waals surface area contributed by atoms with Gasteiger partial charge in [-0.25, -0.2) is 9.36 Å². The quantitative estimate of drug-likeness (QED) is 0.839. The average Bonchev–Trinajstić information content (AvgIpc) is 2.53. The van der Waals surface area contributed by atoms with E-state index in [4.69, 9.17) is 5.73 Å². The van der Waals surface area contributed by atoms with Crippen LogP contribution in [-0.2, 0) is 18.4 Å². The van der Waals surface area contributed by atoms with Gasteiger partial charge in [-0.15, -0.1) is 0 Å². The second-order valence-electron chi connectivity index (χ2n) is 6.68. The fourth-order valence-electron chi connectivity index (χ4n) is 3.03. The maximum Gasteiger partial charge on any atom is 0.332 e. The number of nitrogens with two attached hydrogens (primary N) is 1. The van der Waals surface area contributed by atoms with E-state index >= 15 is 0 Å². The summed E-state index contributed by atoms with van der Waals surface area (Å²) in [5.74, 6) is -0.388. The molecule has 0 atom stereocenters. The van der Waals surface area contributed by atoms with E-state index in [1.807, 2.05) is 32.9 Å². The van der Waals surface area contributed by atoms with Gasteiger partial charge in [0, 0.05) is 26.8 Å². The molecule has 26 heavy (non-hydrogen) atoms. The number of nitrogens with one attached hydrogen (secondary N) is 1. The molecule has 2 aromatic rings. The van der Waals surface area contributed by atoms with Crippen LogP contribution >= 0.6 is 0 Å². The summed E-state index contributed by atoms with van der Waals surface area (Å²) in [4.78, 5) is 39.0. The van der Waals surface area contributed by atoms with E-state index in [1.165, 1.54) is 11.9 Å². The van der Waals surface area contributed by atoms with E-state index < -0.39 is 17.2 Å². The smallest absolute Gasteiger partial charge is 0.332 e. The predicted octanol–water partition coefficient (Wildman–Crippen LogP) is 0.759. The monoisotopic (exact) mass is 359 g/mol. The maximum absolute atomic E-state index is 12.6. The summed E-state index contributed by atoms with van der Waals surface area (Å²) in [6.45, 7) is 5.38. The van der Waals surface area contributed by atoms with Gasteiger partial charge in [0.25, 0.3) is 5.56 Å². The molecule has 1 aromatic heterocycles. The third kappa shape index (κ3) is 3.49. The molecule has 2 rings (SSSR count). The highest BCUT2D eigenvalue weighted by Crippen LogP contribution is 2.21. The zero-order valence-electron chi connectivity index (χ0n) is 16.0. The van der Waals surface area contributed by atoms with Gasteiger partial charge in [0.15, 0.2) is 0 Å². The number of carbonyl (C=O) groups is 1. The number of hydrogen-bond acceptors (Lipinski definition) is 5. The Labute approximate surface area is 151 Å². The van der Waals surface area contributed by atoms with Crippen LogP contribution < -0.4 is 27.2 Å². The van der Waals surface area contributed by atoms with Crippen molar-refractivity contribution < 1.29 is 4.79 Å². The van der Waals surface area contributed by atoms with Gasteiger partial charge in [0.2, 0.25) is 5.91 Å².